The van der Waals surface area contributed by atoms with Gasteiger partial charge in [0.05, 0.1) is 4.92 Å². The van der Waals surface area contributed by atoms with Crippen LogP contribution in [0.5, 0.6) is 0 Å². The standard InChI is InChI=1S/C13H19F2N3O2/c1-8(2)10(7-17(3)4)16-13-11(18(19)20)6-5-9(14)12(13)15/h5-6,8,10,16H,7H2,1-4H3. The predicted octanol–water partition coefficient (Wildman–Crippen LogP) is 2.87. The van der Waals surface area contributed by atoms with Gasteiger partial charge in [-0.2, -0.15) is 0 Å². The SMILES string of the molecule is CC(C)C(CN(C)C)Nc1c([N+](=O)[O-])ccc(F)c1F. The third-order valence-electron chi connectivity index (χ3n) is 2.97. The monoisotopic (exact) mass is 287 g/mol. The van der Waals surface area contributed by atoms with E-state index in [0.29, 0.717) is 6.54 Å². The molecule has 0 amide bonds. The Labute approximate surface area is 116 Å². The van der Waals surface area contributed by atoms with Crippen molar-refractivity contribution in [2.45, 2.75) is 19.9 Å². The third-order valence-corrected chi connectivity index (χ3v) is 2.97. The fourth-order valence-electron chi connectivity index (χ4n) is 1.83. The number of nitrogens with one attached hydrogen (secondary N) is 1. The minimum absolute atomic E-state index is 0.0969. The molecule has 1 N–H and O–H groups in total. The molecular formula is C13H19F2N3O2. The van der Waals surface area contributed by atoms with Crippen LogP contribution in [0.4, 0.5) is 20.2 Å². The summed E-state index contributed by atoms with van der Waals surface area (Å²) in [6.45, 7) is 4.36. The van der Waals surface area contributed by atoms with E-state index in [1.165, 1.54) is 0 Å². The average molecular weight is 287 g/mol. The molecule has 1 atom stereocenters. The van der Waals surface area contributed by atoms with E-state index in [2.05, 4.69) is 5.32 Å². The zero-order valence-corrected chi connectivity index (χ0v) is 12.0. The number of likely N-dealkylation sites (N-methyl/N-ethyl adjacent to an activating group) is 1. The maximum absolute atomic E-state index is 13.8. The maximum atomic E-state index is 13.8. The van der Waals surface area contributed by atoms with Gasteiger partial charge in [0.1, 0.15) is 0 Å². The van der Waals surface area contributed by atoms with Crippen molar-refractivity contribution in [2.75, 3.05) is 26.0 Å². The van der Waals surface area contributed by atoms with Crippen molar-refractivity contribution >= 4 is 11.4 Å². The molecule has 20 heavy (non-hydrogen) atoms. The summed E-state index contributed by atoms with van der Waals surface area (Å²) in [4.78, 5) is 12.1. The average Bonchev–Trinajstić information content (AvgIpc) is 2.32. The summed E-state index contributed by atoms with van der Waals surface area (Å²) in [7, 11) is 3.68. The van der Waals surface area contributed by atoms with Crippen LogP contribution in [0.25, 0.3) is 0 Å². The van der Waals surface area contributed by atoms with Crippen molar-refractivity contribution in [3.63, 3.8) is 0 Å². The first kappa shape index (κ1) is 16.3. The van der Waals surface area contributed by atoms with Crippen molar-refractivity contribution in [2.24, 2.45) is 5.92 Å². The highest BCUT2D eigenvalue weighted by atomic mass is 19.2. The molecule has 0 fully saturated rings. The number of nitro groups is 1. The highest BCUT2D eigenvalue weighted by molar-refractivity contribution is 5.63. The Morgan fingerprint density at radius 1 is 1.35 bits per heavy atom. The molecule has 0 radical (unpaired) electrons. The summed E-state index contributed by atoms with van der Waals surface area (Å²) in [5.41, 5.74) is -0.858. The van der Waals surface area contributed by atoms with Crippen LogP contribution in [-0.4, -0.2) is 36.5 Å². The summed E-state index contributed by atoms with van der Waals surface area (Å²) >= 11 is 0. The van der Waals surface area contributed by atoms with Gasteiger partial charge >= 0.3 is 0 Å². The Morgan fingerprint density at radius 2 is 1.95 bits per heavy atom. The van der Waals surface area contributed by atoms with Gasteiger partial charge in [0.25, 0.3) is 5.69 Å². The summed E-state index contributed by atoms with van der Waals surface area (Å²) in [5.74, 6) is -2.23. The minimum atomic E-state index is -1.22. The van der Waals surface area contributed by atoms with Crippen molar-refractivity contribution in [3.8, 4) is 0 Å². The van der Waals surface area contributed by atoms with Gasteiger partial charge in [-0.05, 0) is 26.1 Å². The normalized spacial score (nSPS) is 12.8. The van der Waals surface area contributed by atoms with E-state index in [1.54, 1.807) is 0 Å². The number of nitrogens with zero attached hydrogens (tertiary/aromatic N) is 2. The lowest BCUT2D eigenvalue weighted by atomic mass is 10.0. The summed E-state index contributed by atoms with van der Waals surface area (Å²) in [6, 6.07) is 1.49. The third kappa shape index (κ3) is 3.86. The molecule has 0 heterocycles. The fraction of sp³-hybridized carbons (Fsp3) is 0.538. The molecule has 0 aliphatic rings. The Kier molecular flexibility index (Phi) is 5.38. The fourth-order valence-corrected chi connectivity index (χ4v) is 1.83. The lowest BCUT2D eigenvalue weighted by molar-refractivity contribution is -0.384. The first-order valence-electron chi connectivity index (χ1n) is 6.27. The van der Waals surface area contributed by atoms with Gasteiger partial charge in [0.2, 0.25) is 0 Å². The van der Waals surface area contributed by atoms with Gasteiger partial charge in [-0.3, -0.25) is 10.1 Å². The van der Waals surface area contributed by atoms with Gasteiger partial charge in [0.15, 0.2) is 17.3 Å². The molecule has 0 aliphatic heterocycles. The molecule has 0 saturated carbocycles. The zero-order valence-electron chi connectivity index (χ0n) is 12.0. The molecule has 1 rings (SSSR count). The van der Waals surface area contributed by atoms with Crippen molar-refractivity contribution < 1.29 is 13.7 Å². The highest BCUT2D eigenvalue weighted by Gasteiger charge is 2.25. The summed E-state index contributed by atoms with van der Waals surface area (Å²) in [6.07, 6.45) is 0. The van der Waals surface area contributed by atoms with Gasteiger partial charge < -0.3 is 10.2 Å². The minimum Gasteiger partial charge on any atom is -0.373 e. The van der Waals surface area contributed by atoms with Crippen molar-refractivity contribution in [1.29, 1.82) is 0 Å². The summed E-state index contributed by atoms with van der Waals surface area (Å²) < 4.78 is 27.1. The molecule has 112 valence electrons. The van der Waals surface area contributed by atoms with Crippen molar-refractivity contribution in [3.05, 3.63) is 33.9 Å². The number of anilines is 1. The quantitative estimate of drug-likeness (QED) is 0.645. The molecule has 0 spiro atoms. The summed E-state index contributed by atoms with van der Waals surface area (Å²) in [5, 5.41) is 13.7. The van der Waals surface area contributed by atoms with Crippen LogP contribution < -0.4 is 5.32 Å². The van der Waals surface area contributed by atoms with Crippen LogP contribution in [0, 0.1) is 27.7 Å². The highest BCUT2D eigenvalue weighted by Crippen LogP contribution is 2.30. The largest absolute Gasteiger partial charge is 0.373 e. The number of hydrogen-bond donors (Lipinski definition) is 1. The van der Waals surface area contributed by atoms with E-state index in [9.17, 15) is 18.9 Å². The number of nitro benzene ring substituents is 1. The second kappa shape index (κ2) is 6.60. The zero-order chi connectivity index (χ0) is 15.4. The predicted molar refractivity (Wildman–Crippen MR) is 73.8 cm³/mol. The smallest absolute Gasteiger partial charge is 0.295 e. The molecule has 0 aromatic heterocycles. The van der Waals surface area contributed by atoms with E-state index >= 15 is 0 Å². The van der Waals surface area contributed by atoms with E-state index < -0.39 is 27.9 Å². The molecular weight excluding hydrogens is 268 g/mol. The lowest BCUT2D eigenvalue weighted by Crippen LogP contribution is -2.37. The molecule has 0 aliphatic carbocycles. The van der Waals surface area contributed by atoms with E-state index in [-0.39, 0.29) is 12.0 Å². The number of rotatable bonds is 6. The molecule has 1 aromatic carbocycles. The molecule has 7 heteroatoms. The van der Waals surface area contributed by atoms with Crippen LogP contribution in [-0.2, 0) is 0 Å². The maximum Gasteiger partial charge on any atom is 0.295 e. The topological polar surface area (TPSA) is 58.4 Å². The van der Waals surface area contributed by atoms with E-state index in [1.807, 2.05) is 32.8 Å². The second-order valence-corrected chi connectivity index (χ2v) is 5.27. The van der Waals surface area contributed by atoms with E-state index in [4.69, 9.17) is 0 Å². The van der Waals surface area contributed by atoms with Crippen LogP contribution in [0.3, 0.4) is 0 Å². The van der Waals surface area contributed by atoms with Crippen LogP contribution in [0.2, 0.25) is 0 Å². The molecule has 0 bridgehead atoms. The number of hydrogen-bond acceptors (Lipinski definition) is 4. The Bertz CT molecular complexity index is 493. The van der Waals surface area contributed by atoms with E-state index in [0.717, 1.165) is 12.1 Å². The van der Waals surface area contributed by atoms with Gasteiger partial charge in [-0.25, -0.2) is 8.78 Å². The number of benzene rings is 1. The van der Waals surface area contributed by atoms with Gasteiger partial charge in [0, 0.05) is 18.7 Å². The Balaban J connectivity index is 3.16. The Hall–Kier alpha value is -1.76. The molecule has 0 saturated heterocycles. The lowest BCUT2D eigenvalue weighted by Gasteiger charge is -2.26. The first-order chi connectivity index (χ1) is 9.23. The number of halogens is 2. The van der Waals surface area contributed by atoms with Crippen LogP contribution in [0.15, 0.2) is 12.1 Å². The Morgan fingerprint density at radius 3 is 2.40 bits per heavy atom. The van der Waals surface area contributed by atoms with Gasteiger partial charge in [-0.1, -0.05) is 13.8 Å². The first-order valence-corrected chi connectivity index (χ1v) is 6.27. The van der Waals surface area contributed by atoms with Gasteiger partial charge in [-0.15, -0.1) is 0 Å². The molecule has 1 unspecified atom stereocenters. The molecule has 1 aromatic rings. The second-order valence-electron chi connectivity index (χ2n) is 5.27. The van der Waals surface area contributed by atoms with Crippen molar-refractivity contribution in [1.82, 2.24) is 4.90 Å². The molecule has 5 nitrogen and oxygen atoms in total. The van der Waals surface area contributed by atoms with Crippen LogP contribution >= 0.6 is 0 Å². The van der Waals surface area contributed by atoms with Crippen LogP contribution in [0.1, 0.15) is 13.8 Å².